The second kappa shape index (κ2) is 21.2. The van der Waals surface area contributed by atoms with E-state index in [1.165, 1.54) is 45.5 Å². The summed E-state index contributed by atoms with van der Waals surface area (Å²) >= 11 is 0. The van der Waals surface area contributed by atoms with Crippen LogP contribution < -0.4 is 9.80 Å². The van der Waals surface area contributed by atoms with Crippen LogP contribution in [0, 0.1) is 17.6 Å². The Morgan fingerprint density at radius 3 is 1.36 bits per heavy atom. The predicted octanol–water partition coefficient (Wildman–Crippen LogP) is 21.9. The standard InChI is InChI=1S/C80H76F2N2/c1-77(2,3)59-23-13-19-53(43-59)55-35-41-73(69(47-55)57-21-15-25-61(45-57)79(7,8)9)83(65-29-17-27-63(81)49-65)71-39-33-51-32-38-68-72(40-34-52-31-37-67(71)75(51)76(52)68)84(66-30-18-28-64(82)50-66)74-42-36-56(54-20-14-24-60(44-54)78(4,5)6)48-70(74)58-22-16-26-62(46-58)80(10,11)12/h13-50,71,76H,1-12H3. The molecule has 12 rings (SSSR count). The molecule has 0 radical (unpaired) electrons. The predicted molar refractivity (Wildman–Crippen MR) is 351 cm³/mol. The van der Waals surface area contributed by atoms with Crippen molar-refractivity contribution >= 4 is 22.7 Å². The number of halogens is 2. The van der Waals surface area contributed by atoms with E-state index in [9.17, 15) is 0 Å². The summed E-state index contributed by atoms with van der Waals surface area (Å²) < 4.78 is 32.0. The molecule has 0 bridgehead atoms. The van der Waals surface area contributed by atoms with Gasteiger partial charge in [0.1, 0.15) is 11.6 Å². The Balaban J connectivity index is 1.03. The van der Waals surface area contributed by atoms with Crippen LogP contribution in [0.4, 0.5) is 31.5 Å². The summed E-state index contributed by atoms with van der Waals surface area (Å²) in [6.07, 6.45) is 18.1. The Bertz CT molecular complexity index is 4160. The highest BCUT2D eigenvalue weighted by Gasteiger charge is 2.41. The van der Waals surface area contributed by atoms with Crippen LogP contribution in [0.25, 0.3) is 44.5 Å². The zero-order valence-corrected chi connectivity index (χ0v) is 50.7. The second-order valence-electron chi connectivity index (χ2n) is 27.4. The smallest absolute Gasteiger partial charge is 0.125 e. The molecule has 0 saturated carbocycles. The molecular weight excluding hydrogens is 1030 g/mol. The molecule has 0 heterocycles. The van der Waals surface area contributed by atoms with Gasteiger partial charge in [-0.15, -0.1) is 0 Å². The first-order valence-electron chi connectivity index (χ1n) is 29.8. The van der Waals surface area contributed by atoms with E-state index in [4.69, 9.17) is 0 Å². The van der Waals surface area contributed by atoms with Gasteiger partial charge in [-0.1, -0.05) is 247 Å². The van der Waals surface area contributed by atoms with Gasteiger partial charge < -0.3 is 9.80 Å². The average molecular weight is 1100 g/mol. The molecule has 4 heteroatoms. The third-order valence-corrected chi connectivity index (χ3v) is 17.3. The molecule has 0 N–H and O–H groups in total. The highest BCUT2D eigenvalue weighted by molar-refractivity contribution is 5.92. The summed E-state index contributed by atoms with van der Waals surface area (Å²) in [5, 5.41) is 0. The lowest BCUT2D eigenvalue weighted by molar-refractivity contribution is 0.590. The monoisotopic (exact) mass is 1100 g/mol. The topological polar surface area (TPSA) is 6.48 Å². The van der Waals surface area contributed by atoms with Crippen molar-refractivity contribution in [1.82, 2.24) is 0 Å². The fourth-order valence-electron chi connectivity index (χ4n) is 12.6. The number of anilines is 4. The van der Waals surface area contributed by atoms with Gasteiger partial charge in [0.05, 0.1) is 17.4 Å². The molecule has 4 aliphatic rings. The number of hydrogen-bond donors (Lipinski definition) is 0. The molecule has 2 atom stereocenters. The first-order valence-corrected chi connectivity index (χ1v) is 29.8. The molecule has 8 aromatic carbocycles. The summed E-state index contributed by atoms with van der Waals surface area (Å²) in [5.41, 5.74) is 23.6. The van der Waals surface area contributed by atoms with E-state index < -0.39 is 0 Å². The minimum Gasteiger partial charge on any atom is -0.330 e. The quantitative estimate of drug-likeness (QED) is 0.135. The molecule has 0 aromatic heterocycles. The van der Waals surface area contributed by atoms with Gasteiger partial charge in [0.25, 0.3) is 0 Å². The van der Waals surface area contributed by atoms with E-state index in [-0.39, 0.29) is 45.3 Å². The van der Waals surface area contributed by atoms with Gasteiger partial charge in [-0.3, -0.25) is 0 Å². The first kappa shape index (κ1) is 55.9. The van der Waals surface area contributed by atoms with Crippen molar-refractivity contribution in [3.63, 3.8) is 0 Å². The van der Waals surface area contributed by atoms with Crippen molar-refractivity contribution in [3.8, 4) is 44.5 Å². The van der Waals surface area contributed by atoms with E-state index >= 15 is 8.78 Å². The Kier molecular flexibility index (Phi) is 14.1. The van der Waals surface area contributed by atoms with E-state index in [2.05, 4.69) is 275 Å². The van der Waals surface area contributed by atoms with Crippen LogP contribution in [-0.4, -0.2) is 6.04 Å². The van der Waals surface area contributed by atoms with Gasteiger partial charge in [0, 0.05) is 34.1 Å². The molecule has 0 saturated heterocycles. The molecule has 84 heavy (non-hydrogen) atoms. The van der Waals surface area contributed by atoms with Crippen LogP contribution in [-0.2, 0) is 21.7 Å². The maximum atomic E-state index is 16.0. The Hall–Kier alpha value is -8.60. The Morgan fingerprint density at radius 2 is 0.833 bits per heavy atom. The van der Waals surface area contributed by atoms with Gasteiger partial charge in [-0.05, 0) is 172 Å². The van der Waals surface area contributed by atoms with Crippen molar-refractivity contribution in [2.24, 2.45) is 5.92 Å². The minimum absolute atomic E-state index is 0.0282. The second-order valence-corrected chi connectivity index (χ2v) is 27.4. The van der Waals surface area contributed by atoms with E-state index in [1.807, 2.05) is 24.3 Å². The highest BCUT2D eigenvalue weighted by atomic mass is 19.1. The maximum absolute atomic E-state index is 16.0. The van der Waals surface area contributed by atoms with Crippen molar-refractivity contribution in [2.45, 2.75) is 111 Å². The fourth-order valence-corrected chi connectivity index (χ4v) is 12.6. The maximum Gasteiger partial charge on any atom is 0.125 e. The van der Waals surface area contributed by atoms with E-state index in [1.54, 1.807) is 12.1 Å². The molecule has 2 unspecified atom stereocenters. The summed E-state index contributed by atoms with van der Waals surface area (Å²) in [5.74, 6) is -0.767. The number of allylic oxidation sites excluding steroid dienone is 10. The first-order chi connectivity index (χ1) is 40.0. The van der Waals surface area contributed by atoms with Gasteiger partial charge in [0.2, 0.25) is 0 Å². The van der Waals surface area contributed by atoms with Crippen LogP contribution in [0.5, 0.6) is 0 Å². The highest BCUT2D eigenvalue weighted by Crippen LogP contribution is 2.54. The fraction of sp³-hybridized carbons (Fsp3) is 0.225. The summed E-state index contributed by atoms with van der Waals surface area (Å²) in [7, 11) is 0. The zero-order chi connectivity index (χ0) is 59.0. The largest absolute Gasteiger partial charge is 0.330 e. The van der Waals surface area contributed by atoms with Crippen LogP contribution in [0.3, 0.4) is 0 Å². The molecule has 0 fully saturated rings. The van der Waals surface area contributed by atoms with Crippen molar-refractivity contribution in [2.75, 3.05) is 9.80 Å². The zero-order valence-electron chi connectivity index (χ0n) is 50.7. The number of rotatable bonds is 10. The van der Waals surface area contributed by atoms with E-state index in [0.717, 1.165) is 89.7 Å². The third kappa shape index (κ3) is 10.7. The molecule has 0 spiro atoms. The molecule has 8 aromatic rings. The summed E-state index contributed by atoms with van der Waals surface area (Å²) in [6.45, 7) is 27.1. The lowest BCUT2D eigenvalue weighted by Crippen LogP contribution is -2.37. The number of benzene rings is 8. The molecule has 0 amide bonds. The van der Waals surface area contributed by atoms with Crippen LogP contribution in [0.2, 0.25) is 0 Å². The van der Waals surface area contributed by atoms with Crippen LogP contribution >= 0.6 is 0 Å². The van der Waals surface area contributed by atoms with Gasteiger partial charge in [-0.2, -0.15) is 0 Å². The van der Waals surface area contributed by atoms with Crippen molar-refractivity contribution < 1.29 is 8.78 Å². The lowest BCUT2D eigenvalue weighted by atomic mass is 9.67. The molecular formula is C80H76F2N2. The van der Waals surface area contributed by atoms with Gasteiger partial charge in [0.15, 0.2) is 0 Å². The number of nitrogens with zero attached hydrogens (tertiary/aromatic N) is 2. The molecule has 420 valence electrons. The minimum atomic E-state index is -0.338. The summed E-state index contributed by atoms with van der Waals surface area (Å²) in [6, 6.07) is 63.0. The Labute approximate surface area is 498 Å². The average Bonchev–Trinajstić information content (AvgIpc) is 1.19. The molecule has 2 nitrogen and oxygen atoms in total. The number of hydrogen-bond acceptors (Lipinski definition) is 2. The third-order valence-electron chi connectivity index (χ3n) is 17.3. The SMILES string of the molecule is CC(C)(C)c1cccc(-c2ccc(N(C3=C4C=CC5=C6C(=CC=C(C=C3)C46)C(N(c3cccc(F)c3)c3ccc(-c4cccc(C(C)(C)C)c4)cc3-c3cccc(C(C)(C)C)c3)C=C5)c3cccc(F)c3)c(-c3cccc(C(C)(C)C)c3)c2)c1. The van der Waals surface area contributed by atoms with Crippen molar-refractivity contribution in [3.05, 3.63) is 298 Å². The molecule has 4 aliphatic carbocycles. The summed E-state index contributed by atoms with van der Waals surface area (Å²) in [4.78, 5) is 4.62. The van der Waals surface area contributed by atoms with E-state index in [0.29, 0.717) is 0 Å². The van der Waals surface area contributed by atoms with Gasteiger partial charge in [-0.25, -0.2) is 8.78 Å². The van der Waals surface area contributed by atoms with Gasteiger partial charge >= 0.3 is 0 Å². The van der Waals surface area contributed by atoms with Crippen LogP contribution in [0.1, 0.15) is 105 Å². The van der Waals surface area contributed by atoms with Crippen molar-refractivity contribution in [1.29, 1.82) is 0 Å². The lowest BCUT2D eigenvalue weighted by Gasteiger charge is -2.44. The van der Waals surface area contributed by atoms with Crippen LogP contribution in [0.15, 0.2) is 264 Å². The molecule has 0 aliphatic heterocycles. The Morgan fingerprint density at radius 1 is 0.381 bits per heavy atom. The normalized spacial score (nSPS) is 16.6.